The number of piperidine rings is 1. The summed E-state index contributed by atoms with van der Waals surface area (Å²) in [5.74, 6) is 0.896. The third-order valence-corrected chi connectivity index (χ3v) is 2.43. The summed E-state index contributed by atoms with van der Waals surface area (Å²) in [6.07, 6.45) is 3.36. The van der Waals surface area contributed by atoms with Crippen LogP contribution in [0.25, 0.3) is 0 Å². The molecule has 1 amide bonds. The average molecular weight is 222 g/mol. The van der Waals surface area contributed by atoms with E-state index in [2.05, 4.69) is 20.6 Å². The molecule has 2 rings (SSSR count). The van der Waals surface area contributed by atoms with Gasteiger partial charge in [0, 0.05) is 18.8 Å². The Morgan fingerprint density at radius 1 is 1.62 bits per heavy atom. The fraction of sp³-hybridized carbons (Fsp3) is 0.500. The van der Waals surface area contributed by atoms with Gasteiger partial charge in [0.15, 0.2) is 0 Å². The fourth-order valence-corrected chi connectivity index (χ4v) is 1.59. The Labute approximate surface area is 93.4 Å². The first-order valence-electron chi connectivity index (χ1n) is 5.21. The lowest BCUT2D eigenvalue weighted by atomic mass is 10.1. The van der Waals surface area contributed by atoms with Crippen molar-refractivity contribution in [2.45, 2.75) is 18.9 Å². The van der Waals surface area contributed by atoms with Gasteiger partial charge in [-0.15, -0.1) is 0 Å². The minimum Gasteiger partial charge on any atom is -0.481 e. The summed E-state index contributed by atoms with van der Waals surface area (Å²) in [7, 11) is 1.54. The highest BCUT2D eigenvalue weighted by atomic mass is 16.5. The molecule has 0 bridgehead atoms. The van der Waals surface area contributed by atoms with Crippen molar-refractivity contribution >= 4 is 11.9 Å². The number of hydrogen-bond donors (Lipinski definition) is 2. The van der Waals surface area contributed by atoms with Gasteiger partial charge in [-0.2, -0.15) is 4.98 Å². The van der Waals surface area contributed by atoms with Crippen molar-refractivity contribution in [1.29, 1.82) is 0 Å². The molecular weight excluding hydrogens is 208 g/mol. The number of nitrogens with zero attached hydrogens (tertiary/aromatic N) is 2. The molecule has 0 aromatic carbocycles. The summed E-state index contributed by atoms with van der Waals surface area (Å²) in [6.45, 7) is 0.746. The standard InChI is InChI=1S/C10H14N4O2/c1-16-8-4-6-12-10(14-8)13-7-3-2-5-11-9(7)15/h4,6-7H,2-3,5H2,1H3,(H,11,15)(H,12,13,14)/t7-/m0/s1. The molecule has 0 saturated carbocycles. The van der Waals surface area contributed by atoms with E-state index in [0.29, 0.717) is 11.8 Å². The summed E-state index contributed by atoms with van der Waals surface area (Å²) >= 11 is 0. The molecule has 1 aliphatic rings. The van der Waals surface area contributed by atoms with E-state index in [1.165, 1.54) is 0 Å². The molecule has 1 aromatic heterocycles. The van der Waals surface area contributed by atoms with E-state index in [-0.39, 0.29) is 11.9 Å². The molecule has 6 heteroatoms. The minimum atomic E-state index is -0.249. The van der Waals surface area contributed by atoms with E-state index in [4.69, 9.17) is 4.74 Å². The number of methoxy groups -OCH3 is 1. The van der Waals surface area contributed by atoms with Gasteiger partial charge in [-0.3, -0.25) is 4.79 Å². The number of carbonyl (C=O) groups excluding carboxylic acids is 1. The van der Waals surface area contributed by atoms with Crippen LogP contribution in [0.15, 0.2) is 12.3 Å². The predicted octanol–water partition coefficient (Wildman–Crippen LogP) is 0.176. The number of hydrogen-bond acceptors (Lipinski definition) is 5. The summed E-state index contributed by atoms with van der Waals surface area (Å²) in [5, 5.41) is 5.78. The van der Waals surface area contributed by atoms with Gasteiger partial charge in [0.05, 0.1) is 7.11 Å². The van der Waals surface area contributed by atoms with Gasteiger partial charge in [-0.05, 0) is 12.8 Å². The average Bonchev–Trinajstić information content (AvgIpc) is 2.32. The van der Waals surface area contributed by atoms with Gasteiger partial charge in [0.2, 0.25) is 17.7 Å². The van der Waals surface area contributed by atoms with E-state index in [0.717, 1.165) is 19.4 Å². The molecule has 0 radical (unpaired) electrons. The van der Waals surface area contributed by atoms with Gasteiger partial charge in [0.25, 0.3) is 0 Å². The zero-order chi connectivity index (χ0) is 11.4. The number of anilines is 1. The third kappa shape index (κ3) is 2.39. The molecule has 1 atom stereocenters. The Bertz CT molecular complexity index is 383. The largest absolute Gasteiger partial charge is 0.481 e. The zero-order valence-corrected chi connectivity index (χ0v) is 9.06. The lowest BCUT2D eigenvalue weighted by Crippen LogP contribution is -2.44. The van der Waals surface area contributed by atoms with Crippen LogP contribution in [-0.2, 0) is 4.79 Å². The molecule has 2 N–H and O–H groups in total. The quantitative estimate of drug-likeness (QED) is 0.762. The van der Waals surface area contributed by atoms with Crippen LogP contribution in [0.2, 0.25) is 0 Å². The monoisotopic (exact) mass is 222 g/mol. The summed E-state index contributed by atoms with van der Waals surface area (Å²) in [4.78, 5) is 19.6. The van der Waals surface area contributed by atoms with E-state index in [1.54, 1.807) is 19.4 Å². The van der Waals surface area contributed by atoms with E-state index < -0.39 is 0 Å². The molecule has 1 aromatic rings. The van der Waals surface area contributed by atoms with Gasteiger partial charge in [-0.1, -0.05) is 0 Å². The SMILES string of the molecule is COc1ccnc(N[C@H]2CCCNC2=O)n1. The molecule has 1 fully saturated rings. The molecule has 0 unspecified atom stereocenters. The van der Waals surface area contributed by atoms with Crippen LogP contribution in [0, 0.1) is 0 Å². The van der Waals surface area contributed by atoms with Crippen molar-refractivity contribution in [1.82, 2.24) is 15.3 Å². The number of ether oxygens (including phenoxy) is 1. The van der Waals surface area contributed by atoms with Crippen LogP contribution in [0.1, 0.15) is 12.8 Å². The van der Waals surface area contributed by atoms with Gasteiger partial charge >= 0.3 is 0 Å². The second-order valence-electron chi connectivity index (χ2n) is 3.55. The van der Waals surface area contributed by atoms with Crippen LogP contribution >= 0.6 is 0 Å². The van der Waals surface area contributed by atoms with Crippen molar-refractivity contribution in [3.63, 3.8) is 0 Å². The summed E-state index contributed by atoms with van der Waals surface area (Å²) in [6, 6.07) is 1.41. The second-order valence-corrected chi connectivity index (χ2v) is 3.55. The van der Waals surface area contributed by atoms with Gasteiger partial charge in [-0.25, -0.2) is 4.98 Å². The molecule has 0 aliphatic carbocycles. The topological polar surface area (TPSA) is 76.1 Å². The Morgan fingerprint density at radius 2 is 2.50 bits per heavy atom. The Morgan fingerprint density at radius 3 is 3.25 bits per heavy atom. The molecular formula is C10H14N4O2. The number of aromatic nitrogens is 2. The second kappa shape index (κ2) is 4.78. The Kier molecular flexibility index (Phi) is 3.19. The molecule has 0 spiro atoms. The lowest BCUT2D eigenvalue weighted by molar-refractivity contribution is -0.123. The van der Waals surface area contributed by atoms with Crippen LogP contribution in [0.4, 0.5) is 5.95 Å². The summed E-state index contributed by atoms with van der Waals surface area (Å²) in [5.41, 5.74) is 0. The smallest absolute Gasteiger partial charge is 0.242 e. The first-order chi connectivity index (χ1) is 7.79. The van der Waals surface area contributed by atoms with Crippen molar-refractivity contribution in [2.75, 3.05) is 19.0 Å². The molecule has 6 nitrogen and oxygen atoms in total. The van der Waals surface area contributed by atoms with Crippen LogP contribution in [-0.4, -0.2) is 35.6 Å². The van der Waals surface area contributed by atoms with Crippen LogP contribution < -0.4 is 15.4 Å². The van der Waals surface area contributed by atoms with Crippen molar-refractivity contribution in [2.24, 2.45) is 0 Å². The van der Waals surface area contributed by atoms with E-state index >= 15 is 0 Å². The van der Waals surface area contributed by atoms with Crippen molar-refractivity contribution in [3.8, 4) is 5.88 Å². The molecule has 1 aliphatic heterocycles. The molecule has 86 valence electrons. The van der Waals surface area contributed by atoms with Gasteiger partial charge in [0.1, 0.15) is 6.04 Å². The maximum absolute atomic E-state index is 11.5. The zero-order valence-electron chi connectivity index (χ0n) is 9.06. The highest BCUT2D eigenvalue weighted by molar-refractivity contribution is 5.84. The maximum Gasteiger partial charge on any atom is 0.242 e. The highest BCUT2D eigenvalue weighted by Gasteiger charge is 2.22. The van der Waals surface area contributed by atoms with E-state index in [9.17, 15) is 4.79 Å². The van der Waals surface area contributed by atoms with Gasteiger partial charge < -0.3 is 15.4 Å². The van der Waals surface area contributed by atoms with Crippen LogP contribution in [0.3, 0.4) is 0 Å². The van der Waals surface area contributed by atoms with Crippen molar-refractivity contribution < 1.29 is 9.53 Å². The Hall–Kier alpha value is -1.85. The number of amides is 1. The molecule has 1 saturated heterocycles. The molecule has 16 heavy (non-hydrogen) atoms. The van der Waals surface area contributed by atoms with Crippen LogP contribution in [0.5, 0.6) is 5.88 Å². The minimum absolute atomic E-state index is 0.00216. The normalized spacial score (nSPS) is 20.1. The Balaban J connectivity index is 2.04. The first kappa shape index (κ1) is 10.7. The highest BCUT2D eigenvalue weighted by Crippen LogP contribution is 2.11. The van der Waals surface area contributed by atoms with Crippen molar-refractivity contribution in [3.05, 3.63) is 12.3 Å². The lowest BCUT2D eigenvalue weighted by Gasteiger charge is -2.22. The molecule has 2 heterocycles. The number of rotatable bonds is 3. The summed E-state index contributed by atoms with van der Waals surface area (Å²) < 4.78 is 4.98. The maximum atomic E-state index is 11.5. The van der Waals surface area contributed by atoms with E-state index in [1.807, 2.05) is 0 Å². The first-order valence-corrected chi connectivity index (χ1v) is 5.21. The fourth-order valence-electron chi connectivity index (χ4n) is 1.59. The number of nitrogens with one attached hydrogen (secondary N) is 2. The third-order valence-electron chi connectivity index (χ3n) is 2.43. The predicted molar refractivity (Wildman–Crippen MR) is 58.2 cm³/mol. The number of carbonyl (C=O) groups is 1.